The van der Waals surface area contributed by atoms with Crippen LogP contribution in [0.2, 0.25) is 0 Å². The van der Waals surface area contributed by atoms with Gasteiger partial charge >= 0.3 is 0 Å². The van der Waals surface area contributed by atoms with Crippen LogP contribution in [0.3, 0.4) is 0 Å². The van der Waals surface area contributed by atoms with E-state index >= 15 is 0 Å². The third kappa shape index (κ3) is 3.78. The van der Waals surface area contributed by atoms with Crippen molar-refractivity contribution < 1.29 is 18.6 Å². The molecule has 0 aliphatic carbocycles. The van der Waals surface area contributed by atoms with Crippen molar-refractivity contribution in [2.45, 2.75) is 57.5 Å². The zero-order chi connectivity index (χ0) is 17.9. The molecule has 26 heavy (non-hydrogen) atoms. The molecule has 7 heteroatoms. The average molecular weight is 363 g/mol. The highest BCUT2D eigenvalue weighted by Crippen LogP contribution is 2.34. The summed E-state index contributed by atoms with van der Waals surface area (Å²) in [5.41, 5.74) is 1.60. The molecule has 0 aromatic heterocycles. The summed E-state index contributed by atoms with van der Waals surface area (Å²) in [6.45, 7) is 3.99. The number of halogens is 1. The fraction of sp³-hybridized carbons (Fsp3) is 0.632. The fourth-order valence-electron chi connectivity index (χ4n) is 4.02. The molecule has 3 atom stereocenters. The van der Waals surface area contributed by atoms with Gasteiger partial charge < -0.3 is 24.8 Å². The Morgan fingerprint density at radius 2 is 2.27 bits per heavy atom. The number of nitrogens with one attached hydrogen (secondary N) is 2. The highest BCUT2D eigenvalue weighted by Gasteiger charge is 2.41. The van der Waals surface area contributed by atoms with Crippen molar-refractivity contribution in [2.75, 3.05) is 19.9 Å². The maximum Gasteiger partial charge on any atom is 0.191 e. The number of ether oxygens (including phenoxy) is 3. The van der Waals surface area contributed by atoms with Gasteiger partial charge in [-0.05, 0) is 50.3 Å². The number of rotatable bonds is 5. The maximum absolute atomic E-state index is 13.8. The zero-order valence-corrected chi connectivity index (χ0v) is 15.1. The highest BCUT2D eigenvalue weighted by atomic mass is 19.1. The van der Waals surface area contributed by atoms with E-state index in [1.807, 2.05) is 6.92 Å². The monoisotopic (exact) mass is 363 g/mol. The van der Waals surface area contributed by atoms with Crippen LogP contribution < -0.4 is 15.4 Å². The second-order valence-electron chi connectivity index (χ2n) is 7.03. The summed E-state index contributed by atoms with van der Waals surface area (Å²) in [6.07, 6.45) is 4.65. The van der Waals surface area contributed by atoms with E-state index in [9.17, 15) is 4.39 Å². The summed E-state index contributed by atoms with van der Waals surface area (Å²) >= 11 is 0. The molecule has 4 rings (SSSR count). The summed E-state index contributed by atoms with van der Waals surface area (Å²) in [5, 5.41) is 6.78. The van der Waals surface area contributed by atoms with Crippen molar-refractivity contribution in [3.8, 4) is 5.75 Å². The van der Waals surface area contributed by atoms with Crippen LogP contribution in [-0.2, 0) is 22.5 Å². The molecule has 6 nitrogen and oxygen atoms in total. The normalized spacial score (nSPS) is 27.2. The lowest BCUT2D eigenvalue weighted by Gasteiger charge is -2.23. The van der Waals surface area contributed by atoms with Gasteiger partial charge in [0.15, 0.2) is 12.8 Å². The molecule has 1 aromatic carbocycles. The van der Waals surface area contributed by atoms with Crippen LogP contribution in [0.5, 0.6) is 5.75 Å². The van der Waals surface area contributed by atoms with Crippen LogP contribution in [0.25, 0.3) is 0 Å². The lowest BCUT2D eigenvalue weighted by molar-refractivity contribution is -0.0172. The Hall–Kier alpha value is -1.86. The Morgan fingerprint density at radius 3 is 3.04 bits per heavy atom. The van der Waals surface area contributed by atoms with Crippen molar-refractivity contribution in [1.29, 1.82) is 0 Å². The van der Waals surface area contributed by atoms with Gasteiger partial charge in [-0.25, -0.2) is 4.39 Å². The SMILES string of the molecule is CCNC(=NCCc1cc(F)cc2c1OCOC2)NC1CC2CCC1O2. The minimum Gasteiger partial charge on any atom is -0.467 e. The summed E-state index contributed by atoms with van der Waals surface area (Å²) in [4.78, 5) is 4.66. The number of guanidine groups is 1. The number of fused-ring (bicyclic) bond motifs is 3. The molecular formula is C19H26FN3O3. The number of hydrogen-bond acceptors (Lipinski definition) is 4. The minimum absolute atomic E-state index is 0.212. The standard InChI is InChI=1S/C19H26FN3O3/c1-2-21-19(23-16-9-15-3-4-17(16)26-15)22-6-5-12-7-14(20)8-13-10-24-11-25-18(12)13/h7-8,15-17H,2-6,9-11H2,1H3,(H2,21,22,23). The Labute approximate surface area is 153 Å². The first-order chi connectivity index (χ1) is 12.7. The van der Waals surface area contributed by atoms with E-state index in [0.29, 0.717) is 37.8 Å². The largest absolute Gasteiger partial charge is 0.467 e. The van der Waals surface area contributed by atoms with Gasteiger partial charge in [-0.15, -0.1) is 0 Å². The van der Waals surface area contributed by atoms with Crippen LogP contribution in [0.15, 0.2) is 17.1 Å². The molecule has 3 heterocycles. The molecule has 0 radical (unpaired) electrons. The molecule has 2 saturated heterocycles. The number of benzene rings is 1. The molecule has 2 fully saturated rings. The second-order valence-corrected chi connectivity index (χ2v) is 7.03. The van der Waals surface area contributed by atoms with Gasteiger partial charge in [0.05, 0.1) is 24.9 Å². The van der Waals surface area contributed by atoms with Crippen LogP contribution in [0.4, 0.5) is 4.39 Å². The van der Waals surface area contributed by atoms with E-state index < -0.39 is 0 Å². The number of nitrogens with zero attached hydrogens (tertiary/aromatic N) is 1. The van der Waals surface area contributed by atoms with Crippen LogP contribution in [-0.4, -0.2) is 44.1 Å². The summed E-state index contributed by atoms with van der Waals surface area (Å²) in [7, 11) is 0. The summed E-state index contributed by atoms with van der Waals surface area (Å²) in [5.74, 6) is 1.27. The molecule has 1 aromatic rings. The van der Waals surface area contributed by atoms with E-state index in [4.69, 9.17) is 14.2 Å². The molecule has 0 amide bonds. The highest BCUT2D eigenvalue weighted by molar-refractivity contribution is 5.80. The third-order valence-corrected chi connectivity index (χ3v) is 5.18. The van der Waals surface area contributed by atoms with Gasteiger partial charge in [-0.1, -0.05) is 0 Å². The lowest BCUT2D eigenvalue weighted by atomic mass is 9.96. The van der Waals surface area contributed by atoms with Crippen LogP contribution >= 0.6 is 0 Å². The van der Waals surface area contributed by atoms with Crippen molar-refractivity contribution in [3.05, 3.63) is 29.1 Å². The van der Waals surface area contributed by atoms with Gasteiger partial charge in [0.25, 0.3) is 0 Å². The Morgan fingerprint density at radius 1 is 1.35 bits per heavy atom. The van der Waals surface area contributed by atoms with E-state index in [2.05, 4.69) is 15.6 Å². The average Bonchev–Trinajstić information content (AvgIpc) is 3.24. The third-order valence-electron chi connectivity index (χ3n) is 5.18. The first-order valence-electron chi connectivity index (χ1n) is 9.45. The molecular weight excluding hydrogens is 337 g/mol. The van der Waals surface area contributed by atoms with Crippen molar-refractivity contribution in [3.63, 3.8) is 0 Å². The predicted molar refractivity (Wildman–Crippen MR) is 95.8 cm³/mol. The fourth-order valence-corrected chi connectivity index (χ4v) is 4.02. The van der Waals surface area contributed by atoms with Crippen molar-refractivity contribution >= 4 is 5.96 Å². The smallest absolute Gasteiger partial charge is 0.191 e. The molecule has 2 N–H and O–H groups in total. The van der Waals surface area contributed by atoms with Gasteiger partial charge in [-0.3, -0.25) is 4.99 Å². The van der Waals surface area contributed by atoms with Gasteiger partial charge in [0.1, 0.15) is 11.6 Å². The number of aliphatic imine (C=N–C) groups is 1. The summed E-state index contributed by atoms with van der Waals surface area (Å²) < 4.78 is 30.5. The predicted octanol–water partition coefficient (Wildman–Crippen LogP) is 2.11. The van der Waals surface area contributed by atoms with Crippen LogP contribution in [0, 0.1) is 5.82 Å². The van der Waals surface area contributed by atoms with Crippen LogP contribution in [0.1, 0.15) is 37.3 Å². The lowest BCUT2D eigenvalue weighted by Crippen LogP contribution is -2.47. The molecule has 3 unspecified atom stereocenters. The zero-order valence-electron chi connectivity index (χ0n) is 15.1. The topological polar surface area (TPSA) is 64.1 Å². The molecule has 3 aliphatic rings. The van der Waals surface area contributed by atoms with E-state index in [1.165, 1.54) is 18.6 Å². The molecule has 0 spiro atoms. The Balaban J connectivity index is 1.40. The minimum atomic E-state index is -0.263. The molecule has 2 bridgehead atoms. The van der Waals surface area contributed by atoms with Gasteiger partial charge in [0, 0.05) is 18.7 Å². The molecule has 0 saturated carbocycles. The summed E-state index contributed by atoms with van der Waals surface area (Å²) in [6, 6.07) is 3.33. The first-order valence-corrected chi connectivity index (χ1v) is 9.45. The van der Waals surface area contributed by atoms with E-state index in [1.54, 1.807) is 0 Å². The first kappa shape index (κ1) is 17.5. The number of hydrogen-bond donors (Lipinski definition) is 2. The van der Waals surface area contributed by atoms with Gasteiger partial charge in [-0.2, -0.15) is 0 Å². The maximum atomic E-state index is 13.8. The molecule has 3 aliphatic heterocycles. The van der Waals surface area contributed by atoms with Gasteiger partial charge in [0.2, 0.25) is 0 Å². The van der Waals surface area contributed by atoms with E-state index in [0.717, 1.165) is 42.2 Å². The Kier molecular flexibility index (Phi) is 5.26. The quantitative estimate of drug-likeness (QED) is 0.620. The molecule has 142 valence electrons. The van der Waals surface area contributed by atoms with Crippen molar-refractivity contribution in [2.24, 2.45) is 4.99 Å². The van der Waals surface area contributed by atoms with E-state index in [-0.39, 0.29) is 12.6 Å². The second kappa shape index (κ2) is 7.80. The van der Waals surface area contributed by atoms with Crippen molar-refractivity contribution in [1.82, 2.24) is 10.6 Å². The Bertz CT molecular complexity index is 682.